The van der Waals surface area contributed by atoms with Crippen LogP contribution in [0.2, 0.25) is 0 Å². The summed E-state index contributed by atoms with van der Waals surface area (Å²) in [6.45, 7) is 9.59. The lowest BCUT2D eigenvalue weighted by atomic mass is 9.94. The van der Waals surface area contributed by atoms with Gasteiger partial charge in [-0.15, -0.1) is 24.8 Å². The minimum Gasteiger partial charge on any atom is -0.338 e. The van der Waals surface area contributed by atoms with Crippen molar-refractivity contribution in [2.24, 2.45) is 17.6 Å². The molecule has 0 radical (unpaired) electrons. The van der Waals surface area contributed by atoms with Crippen molar-refractivity contribution in [1.82, 2.24) is 19.9 Å². The van der Waals surface area contributed by atoms with Gasteiger partial charge in [0, 0.05) is 13.1 Å². The van der Waals surface area contributed by atoms with Gasteiger partial charge >= 0.3 is 0 Å². The van der Waals surface area contributed by atoms with Crippen LogP contribution in [-0.4, -0.2) is 52.7 Å². The molecule has 0 saturated carbocycles. The fourth-order valence-corrected chi connectivity index (χ4v) is 3.69. The average Bonchev–Trinajstić information content (AvgIpc) is 2.98. The molecule has 0 aromatic carbocycles. The molecule has 2 N–H and O–H groups in total. The molecule has 2 fully saturated rings. The lowest BCUT2D eigenvalue weighted by Gasteiger charge is -2.37. The van der Waals surface area contributed by atoms with Gasteiger partial charge in [0.1, 0.15) is 0 Å². The van der Waals surface area contributed by atoms with Gasteiger partial charge in [-0.1, -0.05) is 12.1 Å². The summed E-state index contributed by atoms with van der Waals surface area (Å²) in [7, 11) is 0. The molecule has 2 aliphatic rings. The third-order valence-electron chi connectivity index (χ3n) is 5.05. The van der Waals surface area contributed by atoms with E-state index in [1.54, 1.807) is 0 Å². The first-order valence-electron chi connectivity index (χ1n) is 8.69. The Bertz CT molecular complexity index is 465. The Morgan fingerprint density at radius 1 is 1.12 bits per heavy atom. The van der Waals surface area contributed by atoms with Gasteiger partial charge in [0.25, 0.3) is 0 Å². The molecule has 3 heterocycles. The Morgan fingerprint density at radius 3 is 2.54 bits per heavy atom. The Kier molecular flexibility index (Phi) is 9.52. The average molecular weight is 380 g/mol. The molecular weight excluding hydrogens is 349 g/mol. The van der Waals surface area contributed by atoms with E-state index >= 15 is 0 Å². The number of piperidine rings is 2. The minimum atomic E-state index is 0. The van der Waals surface area contributed by atoms with E-state index in [9.17, 15) is 0 Å². The van der Waals surface area contributed by atoms with Crippen molar-refractivity contribution in [2.75, 3.05) is 32.7 Å². The van der Waals surface area contributed by atoms with E-state index in [1.165, 1.54) is 45.3 Å². The van der Waals surface area contributed by atoms with Gasteiger partial charge in [0.15, 0.2) is 5.82 Å². The van der Waals surface area contributed by atoms with Crippen LogP contribution in [0, 0.1) is 11.8 Å². The van der Waals surface area contributed by atoms with Crippen LogP contribution in [0.3, 0.4) is 0 Å². The topological polar surface area (TPSA) is 71.4 Å². The summed E-state index contributed by atoms with van der Waals surface area (Å²) >= 11 is 0. The van der Waals surface area contributed by atoms with Gasteiger partial charge in [0.2, 0.25) is 5.89 Å². The van der Waals surface area contributed by atoms with Crippen LogP contribution in [0.4, 0.5) is 0 Å². The zero-order chi connectivity index (χ0) is 15.4. The lowest BCUT2D eigenvalue weighted by Crippen LogP contribution is -2.43. The highest BCUT2D eigenvalue weighted by atomic mass is 35.5. The van der Waals surface area contributed by atoms with Crippen molar-refractivity contribution in [3.8, 4) is 0 Å². The predicted molar refractivity (Wildman–Crippen MR) is 99.5 cm³/mol. The highest BCUT2D eigenvalue weighted by Crippen LogP contribution is 2.22. The zero-order valence-corrected chi connectivity index (χ0v) is 16.2. The van der Waals surface area contributed by atoms with Crippen LogP contribution in [0.1, 0.15) is 44.3 Å². The Labute approximate surface area is 157 Å². The SMILES string of the molecule is CC1CCN(CC2CCCN(Cc3noc(CN)n3)C2)CC1.Cl.Cl. The maximum atomic E-state index is 5.52. The lowest BCUT2D eigenvalue weighted by molar-refractivity contribution is 0.107. The third kappa shape index (κ3) is 6.15. The molecule has 0 amide bonds. The summed E-state index contributed by atoms with van der Waals surface area (Å²) < 4.78 is 5.09. The summed E-state index contributed by atoms with van der Waals surface area (Å²) in [5, 5.41) is 4.01. The third-order valence-corrected chi connectivity index (χ3v) is 5.05. The zero-order valence-electron chi connectivity index (χ0n) is 14.5. The van der Waals surface area contributed by atoms with E-state index in [0.29, 0.717) is 12.4 Å². The number of rotatable bonds is 5. The fourth-order valence-electron chi connectivity index (χ4n) is 3.69. The van der Waals surface area contributed by atoms with Crippen molar-refractivity contribution >= 4 is 24.8 Å². The van der Waals surface area contributed by atoms with Gasteiger partial charge in [-0.25, -0.2) is 0 Å². The van der Waals surface area contributed by atoms with E-state index in [1.807, 2.05) is 0 Å². The number of hydrogen-bond acceptors (Lipinski definition) is 6. The smallest absolute Gasteiger partial charge is 0.240 e. The molecule has 1 aromatic rings. The fraction of sp³-hybridized carbons (Fsp3) is 0.875. The summed E-state index contributed by atoms with van der Waals surface area (Å²) in [4.78, 5) is 9.44. The molecule has 2 saturated heterocycles. The Hall–Kier alpha value is -0.400. The van der Waals surface area contributed by atoms with Crippen molar-refractivity contribution in [2.45, 2.75) is 45.7 Å². The molecular formula is C16H31Cl2N5O. The molecule has 1 atom stereocenters. The summed E-state index contributed by atoms with van der Waals surface area (Å²) in [5.74, 6) is 3.00. The molecule has 0 spiro atoms. The van der Waals surface area contributed by atoms with Crippen molar-refractivity contribution < 1.29 is 4.52 Å². The van der Waals surface area contributed by atoms with E-state index in [4.69, 9.17) is 10.3 Å². The number of hydrogen-bond donors (Lipinski definition) is 1. The summed E-state index contributed by atoms with van der Waals surface area (Å²) in [6, 6.07) is 0. The van der Waals surface area contributed by atoms with E-state index < -0.39 is 0 Å². The number of halogens is 2. The van der Waals surface area contributed by atoms with Crippen LogP contribution < -0.4 is 5.73 Å². The molecule has 6 nitrogen and oxygen atoms in total. The maximum Gasteiger partial charge on any atom is 0.240 e. The molecule has 140 valence electrons. The quantitative estimate of drug-likeness (QED) is 0.845. The van der Waals surface area contributed by atoms with Gasteiger partial charge in [-0.3, -0.25) is 4.90 Å². The molecule has 0 bridgehead atoms. The highest BCUT2D eigenvalue weighted by molar-refractivity contribution is 5.85. The van der Waals surface area contributed by atoms with Crippen molar-refractivity contribution in [3.05, 3.63) is 11.7 Å². The van der Waals surface area contributed by atoms with Gasteiger partial charge in [0.05, 0.1) is 13.1 Å². The normalized spacial score (nSPS) is 23.5. The van der Waals surface area contributed by atoms with Gasteiger partial charge in [-0.05, 0) is 57.2 Å². The Balaban J connectivity index is 0.00000144. The molecule has 24 heavy (non-hydrogen) atoms. The van der Waals surface area contributed by atoms with E-state index in [-0.39, 0.29) is 24.8 Å². The summed E-state index contributed by atoms with van der Waals surface area (Å²) in [5.41, 5.74) is 5.52. The van der Waals surface area contributed by atoms with Crippen LogP contribution in [-0.2, 0) is 13.1 Å². The predicted octanol–water partition coefficient (Wildman–Crippen LogP) is 2.32. The highest BCUT2D eigenvalue weighted by Gasteiger charge is 2.25. The Morgan fingerprint density at radius 2 is 1.88 bits per heavy atom. The molecule has 2 aliphatic heterocycles. The summed E-state index contributed by atoms with van der Waals surface area (Å²) in [6.07, 6.45) is 5.35. The van der Waals surface area contributed by atoms with Crippen LogP contribution >= 0.6 is 24.8 Å². The van der Waals surface area contributed by atoms with Crippen LogP contribution in [0.15, 0.2) is 4.52 Å². The number of aromatic nitrogens is 2. The second-order valence-corrected chi connectivity index (χ2v) is 7.03. The van der Waals surface area contributed by atoms with E-state index in [0.717, 1.165) is 37.3 Å². The monoisotopic (exact) mass is 379 g/mol. The van der Waals surface area contributed by atoms with Crippen LogP contribution in [0.25, 0.3) is 0 Å². The second-order valence-electron chi connectivity index (χ2n) is 7.03. The molecule has 3 rings (SSSR count). The first-order valence-corrected chi connectivity index (χ1v) is 8.69. The minimum absolute atomic E-state index is 0. The first kappa shape index (κ1) is 21.6. The second kappa shape index (κ2) is 10.6. The van der Waals surface area contributed by atoms with Gasteiger partial charge < -0.3 is 15.2 Å². The number of likely N-dealkylation sites (tertiary alicyclic amines) is 2. The number of nitrogens with zero attached hydrogens (tertiary/aromatic N) is 4. The number of nitrogens with two attached hydrogens (primary N) is 1. The first-order chi connectivity index (χ1) is 10.7. The van der Waals surface area contributed by atoms with E-state index in [2.05, 4.69) is 26.9 Å². The largest absolute Gasteiger partial charge is 0.338 e. The van der Waals surface area contributed by atoms with Crippen molar-refractivity contribution in [3.63, 3.8) is 0 Å². The molecule has 0 aliphatic carbocycles. The maximum absolute atomic E-state index is 5.52. The molecule has 8 heteroatoms. The molecule has 1 unspecified atom stereocenters. The standard InChI is InChI=1S/C16H29N5O.2ClH/c1-13-4-7-20(8-5-13)10-14-3-2-6-21(11-14)12-15-18-16(9-17)22-19-15;;/h13-14H,2-12,17H2,1H3;2*1H. The van der Waals surface area contributed by atoms with Crippen LogP contribution in [0.5, 0.6) is 0 Å². The van der Waals surface area contributed by atoms with Gasteiger partial charge in [-0.2, -0.15) is 4.98 Å². The van der Waals surface area contributed by atoms with Crippen molar-refractivity contribution in [1.29, 1.82) is 0 Å². The molecule has 1 aromatic heterocycles.